The Morgan fingerprint density at radius 3 is 2.67 bits per heavy atom. The summed E-state index contributed by atoms with van der Waals surface area (Å²) in [4.78, 5) is 13.5. The van der Waals surface area contributed by atoms with E-state index in [0.29, 0.717) is 18.5 Å². The van der Waals surface area contributed by atoms with Gasteiger partial charge in [-0.25, -0.2) is 0 Å². The first-order valence-electron chi connectivity index (χ1n) is 8.85. The number of amides is 1. The molecule has 2 rings (SSSR count). The zero-order chi connectivity index (χ0) is 17.5. The van der Waals surface area contributed by atoms with Crippen LogP contribution in [0.25, 0.3) is 0 Å². The number of quaternary nitrogens is 1. The summed E-state index contributed by atoms with van der Waals surface area (Å²) in [6.45, 7) is 3.45. The van der Waals surface area contributed by atoms with Crippen molar-refractivity contribution in [3.05, 3.63) is 23.8 Å². The van der Waals surface area contributed by atoms with Crippen LogP contribution in [0.4, 0.5) is 0 Å². The molecule has 5 nitrogen and oxygen atoms in total. The number of carbonyl (C=O) groups excluding carboxylic acids is 1. The molecule has 1 aromatic carbocycles. The Kier molecular flexibility index (Phi) is 6.91. The quantitative estimate of drug-likeness (QED) is 0.792. The maximum absolute atomic E-state index is 12.3. The molecule has 0 heterocycles. The second-order valence-corrected chi connectivity index (χ2v) is 6.92. The molecule has 0 aliphatic heterocycles. The highest BCUT2D eigenvalue weighted by Gasteiger charge is 2.24. The number of methoxy groups -OCH3 is 2. The van der Waals surface area contributed by atoms with Crippen molar-refractivity contribution >= 4 is 5.91 Å². The summed E-state index contributed by atoms with van der Waals surface area (Å²) in [6, 6.07) is 6.15. The molecule has 2 N–H and O–H groups in total. The number of ether oxygens (including phenoxy) is 2. The maximum Gasteiger partial charge on any atom is 0.275 e. The minimum absolute atomic E-state index is 0.138. The van der Waals surface area contributed by atoms with Gasteiger partial charge in [-0.15, -0.1) is 0 Å². The van der Waals surface area contributed by atoms with Gasteiger partial charge in [0.2, 0.25) is 0 Å². The number of nitrogens with one attached hydrogen (secondary N) is 2. The van der Waals surface area contributed by atoms with Gasteiger partial charge in [-0.2, -0.15) is 0 Å². The van der Waals surface area contributed by atoms with Gasteiger partial charge in [0.1, 0.15) is 18.0 Å². The number of hydrogen-bond acceptors (Lipinski definition) is 3. The zero-order valence-corrected chi connectivity index (χ0v) is 15.4. The van der Waals surface area contributed by atoms with Crippen molar-refractivity contribution < 1.29 is 19.2 Å². The first kappa shape index (κ1) is 18.6. The average molecular weight is 335 g/mol. The normalized spacial score (nSPS) is 21.8. The Balaban J connectivity index is 1.88. The van der Waals surface area contributed by atoms with Crippen LogP contribution in [-0.2, 0) is 11.3 Å². The van der Waals surface area contributed by atoms with E-state index in [1.54, 1.807) is 14.2 Å². The molecule has 1 aromatic rings. The van der Waals surface area contributed by atoms with Gasteiger partial charge in [0.05, 0.1) is 21.3 Å². The van der Waals surface area contributed by atoms with E-state index >= 15 is 0 Å². The first-order chi connectivity index (χ1) is 11.5. The maximum atomic E-state index is 12.3. The molecule has 0 aromatic heterocycles. The summed E-state index contributed by atoms with van der Waals surface area (Å²) in [7, 11) is 5.33. The van der Waals surface area contributed by atoms with E-state index in [-0.39, 0.29) is 5.91 Å². The summed E-state index contributed by atoms with van der Waals surface area (Å²) in [5.41, 5.74) is 1.08. The Hall–Kier alpha value is -1.75. The lowest BCUT2D eigenvalue weighted by Gasteiger charge is -2.29. The number of rotatable bonds is 7. The van der Waals surface area contributed by atoms with E-state index in [0.717, 1.165) is 34.9 Å². The minimum Gasteiger partial charge on any atom is -0.497 e. The van der Waals surface area contributed by atoms with Gasteiger partial charge in [0, 0.05) is 17.7 Å². The molecule has 0 bridgehead atoms. The van der Waals surface area contributed by atoms with Crippen molar-refractivity contribution in [3.63, 3.8) is 0 Å². The number of benzene rings is 1. The molecular formula is C19H31N2O3+. The van der Waals surface area contributed by atoms with E-state index < -0.39 is 0 Å². The van der Waals surface area contributed by atoms with Gasteiger partial charge in [0.15, 0.2) is 6.54 Å². The van der Waals surface area contributed by atoms with Crippen molar-refractivity contribution in [1.29, 1.82) is 0 Å². The molecule has 1 fully saturated rings. The van der Waals surface area contributed by atoms with Crippen molar-refractivity contribution in [1.82, 2.24) is 5.32 Å². The number of likely N-dealkylation sites (N-methyl/N-ethyl adjacent to an activating group) is 1. The Morgan fingerprint density at radius 2 is 2.00 bits per heavy atom. The highest BCUT2D eigenvalue weighted by atomic mass is 16.5. The third-order valence-electron chi connectivity index (χ3n) is 4.91. The molecule has 1 aliphatic carbocycles. The van der Waals surface area contributed by atoms with Crippen molar-refractivity contribution in [3.8, 4) is 11.5 Å². The second-order valence-electron chi connectivity index (χ2n) is 6.92. The summed E-state index contributed by atoms with van der Waals surface area (Å²) >= 11 is 0. The molecule has 1 saturated carbocycles. The lowest BCUT2D eigenvalue weighted by Crippen LogP contribution is -3.09. The Morgan fingerprint density at radius 1 is 1.25 bits per heavy atom. The van der Waals surface area contributed by atoms with Gasteiger partial charge in [0.25, 0.3) is 5.91 Å². The van der Waals surface area contributed by atoms with Gasteiger partial charge >= 0.3 is 0 Å². The molecule has 1 aliphatic rings. The van der Waals surface area contributed by atoms with Crippen LogP contribution in [0, 0.1) is 5.92 Å². The van der Waals surface area contributed by atoms with Crippen LogP contribution in [0.2, 0.25) is 0 Å². The average Bonchev–Trinajstić information content (AvgIpc) is 2.57. The molecule has 5 heteroatoms. The third-order valence-corrected chi connectivity index (χ3v) is 4.91. The van der Waals surface area contributed by atoms with Crippen LogP contribution in [0.1, 0.15) is 38.2 Å². The molecule has 0 saturated heterocycles. The summed E-state index contributed by atoms with van der Waals surface area (Å²) in [5, 5.41) is 3.22. The highest BCUT2D eigenvalue weighted by molar-refractivity contribution is 5.77. The predicted molar refractivity (Wildman–Crippen MR) is 94.6 cm³/mol. The van der Waals surface area contributed by atoms with Crippen LogP contribution in [0.15, 0.2) is 18.2 Å². The Bertz CT molecular complexity index is 547. The lowest BCUT2D eigenvalue weighted by atomic mass is 9.86. The van der Waals surface area contributed by atoms with Gasteiger partial charge in [-0.3, -0.25) is 4.79 Å². The standard InChI is InChI=1S/C19H30N2O3/c1-14-7-5-6-8-17(14)20-19(22)13-21(2)12-15-9-10-16(23-3)11-18(15)24-4/h9-11,14,17H,5-8,12-13H2,1-4H3,(H,20,22)/p+1/t14-,17+/m1/s1. The first-order valence-corrected chi connectivity index (χ1v) is 8.85. The van der Waals surface area contributed by atoms with Crippen LogP contribution < -0.4 is 19.7 Å². The van der Waals surface area contributed by atoms with E-state index in [1.807, 2.05) is 25.2 Å². The topological polar surface area (TPSA) is 52.0 Å². The van der Waals surface area contributed by atoms with Crippen molar-refractivity contribution in [2.24, 2.45) is 5.92 Å². The van der Waals surface area contributed by atoms with E-state index in [1.165, 1.54) is 19.3 Å². The monoisotopic (exact) mass is 335 g/mol. The van der Waals surface area contributed by atoms with Gasteiger partial charge in [-0.05, 0) is 30.9 Å². The molecule has 0 spiro atoms. The minimum atomic E-state index is 0.138. The molecule has 3 atom stereocenters. The summed E-state index contributed by atoms with van der Waals surface area (Å²) < 4.78 is 10.7. The fourth-order valence-electron chi connectivity index (χ4n) is 3.45. The molecular weight excluding hydrogens is 304 g/mol. The fourth-order valence-corrected chi connectivity index (χ4v) is 3.45. The molecule has 1 amide bonds. The van der Waals surface area contributed by atoms with Crippen LogP contribution in [0.5, 0.6) is 11.5 Å². The predicted octanol–water partition coefficient (Wildman–Crippen LogP) is 1.41. The van der Waals surface area contributed by atoms with Crippen LogP contribution >= 0.6 is 0 Å². The van der Waals surface area contributed by atoms with E-state index in [2.05, 4.69) is 12.2 Å². The third kappa shape index (κ3) is 5.13. The lowest BCUT2D eigenvalue weighted by molar-refractivity contribution is -0.885. The zero-order valence-electron chi connectivity index (χ0n) is 15.4. The molecule has 1 unspecified atom stereocenters. The largest absolute Gasteiger partial charge is 0.497 e. The summed E-state index contributed by atoms with van der Waals surface area (Å²) in [6.07, 6.45) is 4.84. The smallest absolute Gasteiger partial charge is 0.275 e. The SMILES string of the molecule is COc1ccc(C[NH+](C)CC(=O)N[C@H]2CCCC[C@H]2C)c(OC)c1. The van der Waals surface area contributed by atoms with E-state index in [9.17, 15) is 4.79 Å². The van der Waals surface area contributed by atoms with Gasteiger partial charge < -0.3 is 19.7 Å². The van der Waals surface area contributed by atoms with Crippen LogP contribution in [-0.4, -0.2) is 39.8 Å². The molecule has 0 radical (unpaired) electrons. The highest BCUT2D eigenvalue weighted by Crippen LogP contribution is 2.24. The number of hydrogen-bond donors (Lipinski definition) is 2. The van der Waals surface area contributed by atoms with Gasteiger partial charge in [-0.1, -0.05) is 19.8 Å². The Labute approximate surface area is 145 Å². The number of carbonyl (C=O) groups is 1. The van der Waals surface area contributed by atoms with Crippen molar-refractivity contribution in [2.45, 2.75) is 45.2 Å². The molecule has 24 heavy (non-hydrogen) atoms. The van der Waals surface area contributed by atoms with E-state index in [4.69, 9.17) is 9.47 Å². The van der Waals surface area contributed by atoms with Crippen LogP contribution in [0.3, 0.4) is 0 Å². The molecule has 134 valence electrons. The fraction of sp³-hybridized carbons (Fsp3) is 0.632. The van der Waals surface area contributed by atoms with Crippen molar-refractivity contribution in [2.75, 3.05) is 27.8 Å². The second kappa shape index (κ2) is 8.92. The summed E-state index contributed by atoms with van der Waals surface area (Å²) in [5.74, 6) is 2.30.